The molecular weight excluding hydrogens is 218 g/mol. The molecule has 1 rings (SSSR count). The van der Waals surface area contributed by atoms with Crippen LogP contribution >= 0.6 is 0 Å². The van der Waals surface area contributed by atoms with Crippen molar-refractivity contribution in [1.29, 1.82) is 0 Å². The van der Waals surface area contributed by atoms with Gasteiger partial charge in [-0.15, -0.1) is 0 Å². The van der Waals surface area contributed by atoms with Crippen LogP contribution in [0.5, 0.6) is 0 Å². The van der Waals surface area contributed by atoms with Crippen LogP contribution in [0.1, 0.15) is 19.3 Å². The zero-order valence-corrected chi connectivity index (χ0v) is 10.9. The number of nitrogens with zero attached hydrogens (tertiary/aromatic N) is 1. The number of rotatable bonds is 10. The molecular formula is C13H26NO3. The molecule has 1 saturated heterocycles. The van der Waals surface area contributed by atoms with E-state index in [0.29, 0.717) is 33.0 Å². The highest BCUT2D eigenvalue weighted by Crippen LogP contribution is 2.07. The quantitative estimate of drug-likeness (QED) is 0.543. The fraction of sp³-hybridized carbons (Fsp3) is 0.923. The number of ether oxygens (including phenoxy) is 3. The summed E-state index contributed by atoms with van der Waals surface area (Å²) in [6.45, 7) is 11.0. The summed E-state index contributed by atoms with van der Waals surface area (Å²) in [5.74, 6) is 0. The molecule has 4 heteroatoms. The average molecular weight is 244 g/mol. The lowest BCUT2D eigenvalue weighted by Gasteiger charge is -2.26. The first kappa shape index (κ1) is 14.9. The fourth-order valence-electron chi connectivity index (χ4n) is 1.92. The summed E-state index contributed by atoms with van der Waals surface area (Å²) in [5, 5.41) is 0. The SMILES string of the molecule is [CH2]COCCOCCOCCN1CCCCC1. The summed E-state index contributed by atoms with van der Waals surface area (Å²) in [5.41, 5.74) is 0. The van der Waals surface area contributed by atoms with Crippen LogP contribution in [0.4, 0.5) is 0 Å². The van der Waals surface area contributed by atoms with E-state index in [1.165, 1.54) is 32.4 Å². The van der Waals surface area contributed by atoms with Crippen molar-refractivity contribution in [2.75, 3.05) is 59.3 Å². The summed E-state index contributed by atoms with van der Waals surface area (Å²) in [6.07, 6.45) is 4.07. The molecule has 0 aliphatic carbocycles. The minimum Gasteiger partial charge on any atom is -0.379 e. The zero-order valence-electron chi connectivity index (χ0n) is 10.9. The van der Waals surface area contributed by atoms with Crippen LogP contribution in [-0.2, 0) is 14.2 Å². The van der Waals surface area contributed by atoms with Crippen molar-refractivity contribution >= 4 is 0 Å². The Bertz CT molecular complexity index is 161. The van der Waals surface area contributed by atoms with Crippen molar-refractivity contribution in [3.63, 3.8) is 0 Å². The van der Waals surface area contributed by atoms with Crippen molar-refractivity contribution in [3.8, 4) is 0 Å². The Balaban J connectivity index is 1.75. The summed E-state index contributed by atoms with van der Waals surface area (Å²) in [6, 6.07) is 0. The van der Waals surface area contributed by atoms with Crippen molar-refractivity contribution in [2.45, 2.75) is 19.3 Å². The van der Waals surface area contributed by atoms with E-state index in [0.717, 1.165) is 13.2 Å². The standard InChI is InChI=1S/C13H26NO3/c1-2-15-10-11-17-13-12-16-9-8-14-6-4-3-5-7-14/h1-13H2. The maximum Gasteiger partial charge on any atom is 0.0701 e. The van der Waals surface area contributed by atoms with Gasteiger partial charge in [0.2, 0.25) is 0 Å². The van der Waals surface area contributed by atoms with E-state index in [1.807, 2.05) is 0 Å². The topological polar surface area (TPSA) is 30.9 Å². The maximum absolute atomic E-state index is 5.52. The molecule has 0 amide bonds. The molecule has 1 aliphatic rings. The Labute approximate surface area is 105 Å². The number of hydrogen-bond donors (Lipinski definition) is 0. The third kappa shape index (κ3) is 8.55. The first-order valence-corrected chi connectivity index (χ1v) is 6.68. The molecule has 1 heterocycles. The molecule has 1 fully saturated rings. The number of piperidine rings is 1. The minimum atomic E-state index is 0.510. The largest absolute Gasteiger partial charge is 0.379 e. The highest BCUT2D eigenvalue weighted by atomic mass is 16.5. The highest BCUT2D eigenvalue weighted by Gasteiger charge is 2.08. The normalized spacial score (nSPS) is 17.5. The van der Waals surface area contributed by atoms with Crippen LogP contribution < -0.4 is 0 Å². The van der Waals surface area contributed by atoms with Crippen LogP contribution in [-0.4, -0.2) is 64.2 Å². The highest BCUT2D eigenvalue weighted by molar-refractivity contribution is 4.63. The molecule has 0 atom stereocenters. The second-order valence-corrected chi connectivity index (χ2v) is 4.24. The third-order valence-corrected chi connectivity index (χ3v) is 2.89. The molecule has 0 unspecified atom stereocenters. The smallest absolute Gasteiger partial charge is 0.0701 e. The van der Waals surface area contributed by atoms with Gasteiger partial charge >= 0.3 is 0 Å². The molecule has 17 heavy (non-hydrogen) atoms. The molecule has 0 saturated carbocycles. The molecule has 1 aliphatic heterocycles. The van der Waals surface area contributed by atoms with Gasteiger partial charge in [0.15, 0.2) is 0 Å². The molecule has 1 radical (unpaired) electrons. The van der Waals surface area contributed by atoms with Crippen LogP contribution in [0, 0.1) is 6.92 Å². The molecule has 0 aromatic rings. The zero-order chi connectivity index (χ0) is 12.2. The number of hydrogen-bond acceptors (Lipinski definition) is 4. The van der Waals surface area contributed by atoms with Gasteiger partial charge in [-0.25, -0.2) is 0 Å². The summed E-state index contributed by atoms with van der Waals surface area (Å²) in [4.78, 5) is 2.48. The predicted octanol–water partition coefficient (Wildman–Crippen LogP) is 1.36. The summed E-state index contributed by atoms with van der Waals surface area (Å²) >= 11 is 0. The lowest BCUT2D eigenvalue weighted by Crippen LogP contribution is -2.32. The molecule has 0 aromatic carbocycles. The van der Waals surface area contributed by atoms with E-state index < -0.39 is 0 Å². The molecule has 101 valence electrons. The summed E-state index contributed by atoms with van der Waals surface area (Å²) < 4.78 is 15.9. The molecule has 0 N–H and O–H groups in total. The Morgan fingerprint density at radius 3 is 2.00 bits per heavy atom. The van der Waals surface area contributed by atoms with Gasteiger partial charge in [0.25, 0.3) is 0 Å². The van der Waals surface area contributed by atoms with Gasteiger partial charge in [-0.2, -0.15) is 0 Å². The Kier molecular flexibility index (Phi) is 9.61. The van der Waals surface area contributed by atoms with Crippen LogP contribution in [0.3, 0.4) is 0 Å². The van der Waals surface area contributed by atoms with Crippen LogP contribution in [0.2, 0.25) is 0 Å². The Morgan fingerprint density at radius 2 is 1.35 bits per heavy atom. The van der Waals surface area contributed by atoms with Crippen molar-refractivity contribution in [2.24, 2.45) is 0 Å². The molecule has 4 nitrogen and oxygen atoms in total. The second kappa shape index (κ2) is 11.0. The van der Waals surface area contributed by atoms with Crippen LogP contribution in [0.15, 0.2) is 0 Å². The van der Waals surface area contributed by atoms with E-state index in [1.54, 1.807) is 0 Å². The van der Waals surface area contributed by atoms with Gasteiger partial charge in [0.05, 0.1) is 33.0 Å². The third-order valence-electron chi connectivity index (χ3n) is 2.89. The monoisotopic (exact) mass is 244 g/mol. The van der Waals surface area contributed by atoms with Gasteiger partial charge in [0.1, 0.15) is 0 Å². The van der Waals surface area contributed by atoms with Gasteiger partial charge in [-0.3, -0.25) is 0 Å². The van der Waals surface area contributed by atoms with Crippen LogP contribution in [0.25, 0.3) is 0 Å². The van der Waals surface area contributed by atoms with E-state index in [-0.39, 0.29) is 0 Å². The van der Waals surface area contributed by atoms with Gasteiger partial charge < -0.3 is 19.1 Å². The number of likely N-dealkylation sites (tertiary alicyclic amines) is 1. The van der Waals surface area contributed by atoms with Gasteiger partial charge in [-0.05, 0) is 32.9 Å². The summed E-state index contributed by atoms with van der Waals surface area (Å²) in [7, 11) is 0. The predicted molar refractivity (Wildman–Crippen MR) is 68.1 cm³/mol. The first-order valence-electron chi connectivity index (χ1n) is 6.68. The minimum absolute atomic E-state index is 0.510. The lowest BCUT2D eigenvalue weighted by molar-refractivity contribution is 0.0138. The molecule has 0 aromatic heterocycles. The lowest BCUT2D eigenvalue weighted by atomic mass is 10.1. The molecule has 0 bridgehead atoms. The van der Waals surface area contributed by atoms with Crippen molar-refractivity contribution in [3.05, 3.63) is 6.92 Å². The first-order chi connectivity index (χ1) is 8.43. The Hall–Kier alpha value is -0.160. The fourth-order valence-corrected chi connectivity index (χ4v) is 1.92. The van der Waals surface area contributed by atoms with Gasteiger partial charge in [0, 0.05) is 13.2 Å². The average Bonchev–Trinajstić information content (AvgIpc) is 2.38. The van der Waals surface area contributed by atoms with E-state index in [4.69, 9.17) is 14.2 Å². The second-order valence-electron chi connectivity index (χ2n) is 4.24. The van der Waals surface area contributed by atoms with E-state index >= 15 is 0 Å². The van der Waals surface area contributed by atoms with Crippen molar-refractivity contribution in [1.82, 2.24) is 4.90 Å². The maximum atomic E-state index is 5.52. The van der Waals surface area contributed by atoms with Gasteiger partial charge in [-0.1, -0.05) is 6.42 Å². The molecule has 0 spiro atoms. The van der Waals surface area contributed by atoms with Crippen molar-refractivity contribution < 1.29 is 14.2 Å². The van der Waals surface area contributed by atoms with E-state index in [9.17, 15) is 0 Å². The Morgan fingerprint density at radius 1 is 0.765 bits per heavy atom. The van der Waals surface area contributed by atoms with E-state index in [2.05, 4.69) is 11.8 Å².